The Balaban J connectivity index is 1.34. The van der Waals surface area contributed by atoms with Gasteiger partial charge in [-0.15, -0.1) is 0 Å². The van der Waals surface area contributed by atoms with E-state index in [1.807, 2.05) is 54.7 Å². The molecule has 0 aliphatic carbocycles. The maximum atomic E-state index is 4.98. The lowest BCUT2D eigenvalue weighted by Gasteiger charge is -2.11. The van der Waals surface area contributed by atoms with Crippen molar-refractivity contribution in [3.05, 3.63) is 151 Å². The Labute approximate surface area is 258 Å². The zero-order chi connectivity index (χ0) is 29.0. The summed E-state index contributed by atoms with van der Waals surface area (Å²) in [5, 5.41) is 0. The molecule has 204 valence electrons. The summed E-state index contributed by atoms with van der Waals surface area (Å²) in [6.45, 7) is 0. The van der Waals surface area contributed by atoms with E-state index in [-0.39, 0.29) is 0 Å². The molecule has 3 aromatic heterocycles. The van der Waals surface area contributed by atoms with Crippen LogP contribution in [0.1, 0.15) is 0 Å². The van der Waals surface area contributed by atoms with Gasteiger partial charge in [0.1, 0.15) is 0 Å². The Morgan fingerprint density at radius 2 is 0.837 bits per heavy atom. The van der Waals surface area contributed by atoms with Gasteiger partial charge in [0, 0.05) is 51.5 Å². The zero-order valence-electron chi connectivity index (χ0n) is 23.0. The maximum Gasteiger partial charge on any atom is 0.164 e. The monoisotopic (exact) mass is 617 g/mol. The number of benzene rings is 4. The quantitative estimate of drug-likeness (QED) is 0.186. The molecule has 0 saturated carbocycles. The van der Waals surface area contributed by atoms with Crippen molar-refractivity contribution in [1.29, 1.82) is 0 Å². The lowest BCUT2D eigenvalue weighted by Crippen LogP contribution is -2.00. The van der Waals surface area contributed by atoms with E-state index in [0.29, 0.717) is 17.5 Å². The van der Waals surface area contributed by atoms with Gasteiger partial charge in [0.15, 0.2) is 17.5 Å². The van der Waals surface area contributed by atoms with Gasteiger partial charge >= 0.3 is 0 Å². The topological polar surface area (TPSA) is 64.5 Å². The van der Waals surface area contributed by atoms with Crippen LogP contribution in [-0.4, -0.2) is 24.9 Å². The lowest BCUT2D eigenvalue weighted by atomic mass is 10.0. The number of pyridine rings is 2. The van der Waals surface area contributed by atoms with Crippen molar-refractivity contribution in [2.45, 2.75) is 0 Å². The van der Waals surface area contributed by atoms with Crippen LogP contribution in [0.25, 0.3) is 67.5 Å². The average molecular weight is 619 g/mol. The van der Waals surface area contributed by atoms with E-state index in [1.54, 1.807) is 18.6 Å². The third kappa shape index (κ3) is 5.87. The SMILES string of the molecule is Brc1cc(-c2cccnc2)cc(-c2nc(-c3ccc(-c4ccccc4)cc3)nc(-c3ccc(-c4ccncc4)cc3)n2)c1. The fraction of sp³-hybridized carbons (Fsp3) is 0. The second-order valence-electron chi connectivity index (χ2n) is 10.0. The summed E-state index contributed by atoms with van der Waals surface area (Å²) in [5.41, 5.74) is 9.26. The van der Waals surface area contributed by atoms with E-state index < -0.39 is 0 Å². The van der Waals surface area contributed by atoms with Crippen molar-refractivity contribution in [2.75, 3.05) is 0 Å². The number of hydrogen-bond donors (Lipinski definition) is 0. The van der Waals surface area contributed by atoms with Gasteiger partial charge in [-0.2, -0.15) is 0 Å². The van der Waals surface area contributed by atoms with Gasteiger partial charge in [-0.25, -0.2) is 15.0 Å². The van der Waals surface area contributed by atoms with Gasteiger partial charge in [-0.1, -0.05) is 101 Å². The predicted molar refractivity (Wildman–Crippen MR) is 176 cm³/mol. The second-order valence-corrected chi connectivity index (χ2v) is 10.9. The van der Waals surface area contributed by atoms with Crippen LogP contribution in [0.5, 0.6) is 0 Å². The highest BCUT2D eigenvalue weighted by atomic mass is 79.9. The molecule has 0 aliphatic heterocycles. The number of hydrogen-bond acceptors (Lipinski definition) is 5. The minimum Gasteiger partial charge on any atom is -0.265 e. The zero-order valence-corrected chi connectivity index (χ0v) is 24.6. The minimum absolute atomic E-state index is 0.594. The number of aromatic nitrogens is 5. The van der Waals surface area contributed by atoms with Gasteiger partial charge < -0.3 is 0 Å². The molecule has 43 heavy (non-hydrogen) atoms. The molecule has 0 radical (unpaired) electrons. The van der Waals surface area contributed by atoms with Crippen LogP contribution >= 0.6 is 15.9 Å². The van der Waals surface area contributed by atoms with E-state index >= 15 is 0 Å². The van der Waals surface area contributed by atoms with Crippen molar-refractivity contribution in [3.8, 4) is 67.5 Å². The fourth-order valence-corrected chi connectivity index (χ4v) is 5.47. The molecule has 5 nitrogen and oxygen atoms in total. The lowest BCUT2D eigenvalue weighted by molar-refractivity contribution is 1.07. The first-order valence-electron chi connectivity index (χ1n) is 13.8. The first kappa shape index (κ1) is 26.6. The van der Waals surface area contributed by atoms with Gasteiger partial charge in [0.25, 0.3) is 0 Å². The summed E-state index contributed by atoms with van der Waals surface area (Å²) in [5.74, 6) is 1.81. The van der Waals surface area contributed by atoms with Crippen LogP contribution in [0.15, 0.2) is 151 Å². The van der Waals surface area contributed by atoms with Crippen LogP contribution < -0.4 is 0 Å². The van der Waals surface area contributed by atoms with Crippen LogP contribution in [0.2, 0.25) is 0 Å². The largest absolute Gasteiger partial charge is 0.265 e. The van der Waals surface area contributed by atoms with Gasteiger partial charge in [-0.05, 0) is 64.2 Å². The average Bonchev–Trinajstić information content (AvgIpc) is 3.09. The Morgan fingerprint density at radius 1 is 0.349 bits per heavy atom. The molecular formula is C37H24BrN5. The molecule has 4 aromatic carbocycles. The third-order valence-corrected chi connectivity index (χ3v) is 7.65. The summed E-state index contributed by atoms with van der Waals surface area (Å²) >= 11 is 3.70. The number of halogens is 1. The molecular weight excluding hydrogens is 594 g/mol. The Kier molecular flexibility index (Phi) is 7.34. The van der Waals surface area contributed by atoms with Gasteiger partial charge in [0.2, 0.25) is 0 Å². The van der Waals surface area contributed by atoms with Crippen molar-refractivity contribution < 1.29 is 0 Å². The molecule has 0 unspecified atom stereocenters. The molecule has 0 saturated heterocycles. The van der Waals surface area contributed by atoms with Gasteiger partial charge in [0.05, 0.1) is 0 Å². The molecule has 0 spiro atoms. The van der Waals surface area contributed by atoms with Crippen molar-refractivity contribution in [1.82, 2.24) is 24.9 Å². The Bertz CT molecular complexity index is 1900. The van der Waals surface area contributed by atoms with Gasteiger partial charge in [-0.3, -0.25) is 9.97 Å². The standard InChI is InChI=1S/C37H24BrN5/c38-34-22-32(31-7-4-18-40-24-31)21-33(23-34)37-42-35(29-12-8-26(9-13-29)25-5-2-1-3-6-25)41-36(43-37)30-14-10-27(11-15-30)28-16-19-39-20-17-28/h1-24H. The summed E-state index contributed by atoms with van der Waals surface area (Å²) in [7, 11) is 0. The van der Waals surface area contributed by atoms with E-state index in [4.69, 9.17) is 15.0 Å². The van der Waals surface area contributed by atoms with Crippen LogP contribution in [0.4, 0.5) is 0 Å². The molecule has 0 fully saturated rings. The first-order chi connectivity index (χ1) is 21.2. The second kappa shape index (κ2) is 11.9. The normalized spacial score (nSPS) is 10.9. The molecule has 0 N–H and O–H groups in total. The smallest absolute Gasteiger partial charge is 0.164 e. The molecule has 0 atom stereocenters. The summed E-state index contributed by atoms with van der Waals surface area (Å²) in [6.07, 6.45) is 7.23. The van der Waals surface area contributed by atoms with Crippen LogP contribution in [-0.2, 0) is 0 Å². The third-order valence-electron chi connectivity index (χ3n) is 7.19. The van der Waals surface area contributed by atoms with Crippen molar-refractivity contribution >= 4 is 15.9 Å². The summed E-state index contributed by atoms with van der Waals surface area (Å²) in [4.78, 5) is 23.3. The molecule has 6 heteroatoms. The highest BCUT2D eigenvalue weighted by molar-refractivity contribution is 9.10. The maximum absolute atomic E-state index is 4.98. The fourth-order valence-electron chi connectivity index (χ4n) is 4.98. The molecule has 0 bridgehead atoms. The van der Waals surface area contributed by atoms with Crippen molar-refractivity contribution in [2.24, 2.45) is 0 Å². The highest BCUT2D eigenvalue weighted by Crippen LogP contribution is 2.32. The number of nitrogens with zero attached hydrogens (tertiary/aromatic N) is 5. The predicted octanol–water partition coefficient (Wildman–Crippen LogP) is 9.43. The first-order valence-corrected chi connectivity index (χ1v) is 14.6. The van der Waals surface area contributed by atoms with E-state index in [1.165, 1.54) is 0 Å². The van der Waals surface area contributed by atoms with E-state index in [0.717, 1.165) is 54.5 Å². The van der Waals surface area contributed by atoms with E-state index in [9.17, 15) is 0 Å². The molecule has 7 rings (SSSR count). The molecule has 3 heterocycles. The number of rotatable bonds is 6. The molecule has 0 aliphatic rings. The van der Waals surface area contributed by atoms with Crippen LogP contribution in [0.3, 0.4) is 0 Å². The van der Waals surface area contributed by atoms with Crippen molar-refractivity contribution in [3.63, 3.8) is 0 Å². The Morgan fingerprint density at radius 3 is 1.42 bits per heavy atom. The minimum atomic E-state index is 0.594. The molecule has 0 amide bonds. The highest BCUT2D eigenvalue weighted by Gasteiger charge is 2.14. The summed E-state index contributed by atoms with van der Waals surface area (Å²) < 4.78 is 0.932. The van der Waals surface area contributed by atoms with E-state index in [2.05, 4.69) is 98.7 Å². The van der Waals surface area contributed by atoms with Crippen LogP contribution in [0, 0.1) is 0 Å². The summed E-state index contributed by atoms with van der Waals surface area (Å²) in [6, 6.07) is 41.1. The molecule has 7 aromatic rings. The Hall–Kier alpha value is -5.33.